The van der Waals surface area contributed by atoms with Crippen molar-refractivity contribution in [1.29, 1.82) is 0 Å². The Kier molecular flexibility index (Phi) is 6.25. The van der Waals surface area contributed by atoms with Crippen molar-refractivity contribution in [2.45, 2.75) is 0 Å². The predicted octanol–water partition coefficient (Wildman–Crippen LogP) is -1.80. The molecular formula is C5H9NO5. The van der Waals surface area contributed by atoms with Crippen LogP contribution in [0, 0.1) is 0 Å². The van der Waals surface area contributed by atoms with Gasteiger partial charge in [0.1, 0.15) is 13.2 Å². The Morgan fingerprint density at radius 1 is 1.64 bits per heavy atom. The lowest BCUT2D eigenvalue weighted by Gasteiger charge is -2.00. The lowest BCUT2D eigenvalue weighted by Crippen LogP contribution is -2.29. The molecule has 11 heavy (non-hydrogen) atoms. The fourth-order valence-corrected chi connectivity index (χ4v) is 0.364. The molecule has 0 bridgehead atoms. The minimum atomic E-state index is -0.561. The van der Waals surface area contributed by atoms with Crippen LogP contribution in [-0.4, -0.2) is 37.2 Å². The fourth-order valence-electron chi connectivity index (χ4n) is 0.364. The van der Waals surface area contributed by atoms with E-state index >= 15 is 0 Å². The molecule has 2 N–H and O–H groups in total. The molecule has 0 aliphatic carbocycles. The highest BCUT2D eigenvalue weighted by atomic mass is 17.2. The lowest BCUT2D eigenvalue weighted by molar-refractivity contribution is -0.257. The Morgan fingerprint density at radius 3 is 2.91 bits per heavy atom. The molecule has 0 rings (SSSR count). The third-order valence-corrected chi connectivity index (χ3v) is 0.758. The van der Waals surface area contributed by atoms with Crippen LogP contribution in [0.25, 0.3) is 0 Å². The maximum atomic E-state index is 10.3. The van der Waals surface area contributed by atoms with Gasteiger partial charge in [-0.15, -0.1) is 0 Å². The Balaban J connectivity index is 3.01. The van der Waals surface area contributed by atoms with Gasteiger partial charge in [0.2, 0.25) is 5.91 Å². The molecule has 0 unspecified atom stereocenters. The van der Waals surface area contributed by atoms with E-state index < -0.39 is 12.5 Å². The number of amides is 1. The minimum Gasteiger partial charge on any atom is -0.387 e. The molecule has 0 saturated carbocycles. The van der Waals surface area contributed by atoms with E-state index in [2.05, 4.69) is 15.1 Å². The molecule has 6 nitrogen and oxygen atoms in total. The maximum Gasteiger partial charge on any atom is 0.330 e. The van der Waals surface area contributed by atoms with E-state index in [1.165, 1.54) is 0 Å². The number of hydrogen-bond acceptors (Lipinski definition) is 5. The van der Waals surface area contributed by atoms with Crippen LogP contribution in [0.2, 0.25) is 0 Å². The average Bonchev–Trinajstić information content (AvgIpc) is 2.04. The highest BCUT2D eigenvalue weighted by molar-refractivity contribution is 5.76. The summed E-state index contributed by atoms with van der Waals surface area (Å²) in [6.07, 6.45) is 0. The monoisotopic (exact) mass is 163 g/mol. The molecular weight excluding hydrogens is 154 g/mol. The summed E-state index contributed by atoms with van der Waals surface area (Å²) >= 11 is 0. The Hall–Kier alpha value is -1.14. The summed E-state index contributed by atoms with van der Waals surface area (Å²) < 4.78 is 0. The summed E-state index contributed by atoms with van der Waals surface area (Å²) in [6.45, 7) is -0.180. The molecule has 0 radical (unpaired) electrons. The zero-order chi connectivity index (χ0) is 8.53. The third kappa shape index (κ3) is 6.75. The van der Waals surface area contributed by atoms with Crippen molar-refractivity contribution >= 4 is 12.4 Å². The molecule has 0 aromatic heterocycles. The van der Waals surface area contributed by atoms with Gasteiger partial charge in [-0.05, 0) is 0 Å². The number of aliphatic hydroxyl groups excluding tert-OH is 1. The molecule has 0 spiro atoms. The predicted molar refractivity (Wildman–Crippen MR) is 33.2 cm³/mol. The summed E-state index contributed by atoms with van der Waals surface area (Å²) in [6, 6.07) is 0. The standard InChI is InChI=1S/C5H9NO5/c7-3-5(9)6-1-2-10-11-4-8/h4,7H,1-3H2,(H,6,9). The number of carbonyl (C=O) groups excluding carboxylic acids is 2. The van der Waals surface area contributed by atoms with E-state index in [1.807, 2.05) is 0 Å². The van der Waals surface area contributed by atoms with Crippen LogP contribution < -0.4 is 5.32 Å². The zero-order valence-corrected chi connectivity index (χ0v) is 5.78. The molecule has 0 heterocycles. The summed E-state index contributed by atoms with van der Waals surface area (Å²) in [5, 5.41) is 10.5. The number of rotatable bonds is 6. The number of carbonyl (C=O) groups is 2. The van der Waals surface area contributed by atoms with Gasteiger partial charge in [0.05, 0.1) is 0 Å². The van der Waals surface area contributed by atoms with Crippen molar-refractivity contribution in [1.82, 2.24) is 5.32 Å². The first-order chi connectivity index (χ1) is 5.31. The molecule has 64 valence electrons. The first kappa shape index (κ1) is 9.86. The van der Waals surface area contributed by atoms with Gasteiger partial charge in [0, 0.05) is 6.54 Å². The summed E-state index contributed by atoms with van der Waals surface area (Å²) in [5.41, 5.74) is 0. The van der Waals surface area contributed by atoms with Gasteiger partial charge in [-0.1, -0.05) is 0 Å². The molecule has 0 aromatic carbocycles. The van der Waals surface area contributed by atoms with Crippen molar-refractivity contribution in [3.05, 3.63) is 0 Å². The van der Waals surface area contributed by atoms with E-state index in [0.717, 1.165) is 0 Å². The first-order valence-electron chi connectivity index (χ1n) is 2.90. The van der Waals surface area contributed by atoms with Gasteiger partial charge in [-0.25, -0.2) is 0 Å². The molecule has 0 aliphatic heterocycles. The third-order valence-electron chi connectivity index (χ3n) is 0.758. The van der Waals surface area contributed by atoms with Crippen LogP contribution in [0.15, 0.2) is 0 Å². The topological polar surface area (TPSA) is 84.9 Å². The maximum absolute atomic E-state index is 10.3. The van der Waals surface area contributed by atoms with Gasteiger partial charge in [0.25, 0.3) is 0 Å². The van der Waals surface area contributed by atoms with Crippen LogP contribution in [0.1, 0.15) is 0 Å². The zero-order valence-electron chi connectivity index (χ0n) is 5.78. The van der Waals surface area contributed by atoms with Crippen LogP contribution in [0.4, 0.5) is 0 Å². The van der Waals surface area contributed by atoms with Crippen molar-refractivity contribution < 1.29 is 24.5 Å². The van der Waals surface area contributed by atoms with Crippen LogP contribution in [0.3, 0.4) is 0 Å². The second-order valence-electron chi connectivity index (χ2n) is 1.52. The van der Waals surface area contributed by atoms with E-state index in [4.69, 9.17) is 5.11 Å². The van der Waals surface area contributed by atoms with Crippen LogP contribution in [0.5, 0.6) is 0 Å². The molecule has 0 aromatic rings. The molecule has 0 fully saturated rings. The highest BCUT2D eigenvalue weighted by Crippen LogP contribution is 1.71. The molecule has 0 aliphatic rings. The Labute approximate surface area is 63.0 Å². The molecule has 1 amide bonds. The van der Waals surface area contributed by atoms with Gasteiger partial charge in [0.15, 0.2) is 0 Å². The molecule has 6 heteroatoms. The largest absolute Gasteiger partial charge is 0.387 e. The van der Waals surface area contributed by atoms with Crippen molar-refractivity contribution in [2.24, 2.45) is 0 Å². The second kappa shape index (κ2) is 6.97. The van der Waals surface area contributed by atoms with Gasteiger partial charge >= 0.3 is 6.47 Å². The van der Waals surface area contributed by atoms with E-state index in [-0.39, 0.29) is 19.6 Å². The number of aliphatic hydroxyl groups is 1. The van der Waals surface area contributed by atoms with Crippen LogP contribution in [-0.2, 0) is 19.4 Å². The Bertz CT molecular complexity index is 126. The summed E-state index contributed by atoms with van der Waals surface area (Å²) in [4.78, 5) is 27.9. The number of hydrogen-bond donors (Lipinski definition) is 2. The van der Waals surface area contributed by atoms with Gasteiger partial charge in [-0.3, -0.25) is 9.59 Å². The quantitative estimate of drug-likeness (QED) is 0.209. The first-order valence-corrected chi connectivity index (χ1v) is 2.90. The normalized spacial score (nSPS) is 8.82. The van der Waals surface area contributed by atoms with Crippen molar-refractivity contribution in [2.75, 3.05) is 19.8 Å². The van der Waals surface area contributed by atoms with Gasteiger partial charge in [-0.2, -0.15) is 4.89 Å². The van der Waals surface area contributed by atoms with Gasteiger partial charge < -0.3 is 15.3 Å². The molecule has 0 saturated heterocycles. The molecule has 0 atom stereocenters. The SMILES string of the molecule is O=COOCCNC(=O)CO. The number of nitrogens with one attached hydrogen (secondary N) is 1. The smallest absolute Gasteiger partial charge is 0.330 e. The minimum absolute atomic E-state index is 0.0600. The Morgan fingerprint density at radius 2 is 2.36 bits per heavy atom. The van der Waals surface area contributed by atoms with E-state index in [0.29, 0.717) is 0 Å². The van der Waals surface area contributed by atoms with E-state index in [9.17, 15) is 9.59 Å². The van der Waals surface area contributed by atoms with Crippen molar-refractivity contribution in [3.63, 3.8) is 0 Å². The summed E-state index contributed by atoms with van der Waals surface area (Å²) in [7, 11) is 0. The fraction of sp³-hybridized carbons (Fsp3) is 0.600. The van der Waals surface area contributed by atoms with Crippen molar-refractivity contribution in [3.8, 4) is 0 Å². The van der Waals surface area contributed by atoms with E-state index in [1.54, 1.807) is 0 Å². The van der Waals surface area contributed by atoms with Crippen LogP contribution >= 0.6 is 0 Å². The highest BCUT2D eigenvalue weighted by Gasteiger charge is 1.95. The summed E-state index contributed by atoms with van der Waals surface area (Å²) in [5.74, 6) is -0.500. The average molecular weight is 163 g/mol. The second-order valence-corrected chi connectivity index (χ2v) is 1.52. The lowest BCUT2D eigenvalue weighted by atomic mass is 10.6.